The van der Waals surface area contributed by atoms with Gasteiger partial charge in [0.1, 0.15) is 4.90 Å². The molecule has 0 spiro atoms. The molecule has 0 saturated carbocycles. The van der Waals surface area contributed by atoms with Gasteiger partial charge in [0.2, 0.25) is 0 Å². The number of carbonyl (C=O) groups excluding carboxylic acids is 1. The molecule has 0 fully saturated rings. The maximum atomic E-state index is 12.9. The number of benzene rings is 3. The number of nitrogens with one attached hydrogen (secondary N) is 2. The summed E-state index contributed by atoms with van der Waals surface area (Å²) in [5.74, 6) is -0.366. The molecule has 156 valence electrons. The lowest BCUT2D eigenvalue weighted by atomic mass is 10.0. The van der Waals surface area contributed by atoms with Gasteiger partial charge in [-0.1, -0.05) is 61.0 Å². The standard InChI is InChI=1S/C23H23ClN2O3S/c1-3-21(17-9-5-4-6-10-17)25-23(27)18-12-13-20(24)22(15-18)30(28,29)26-19-11-7-8-16(2)14-19/h4-15,21,26H,3H2,1-2H3,(H,25,27)/t21-/m0/s1. The maximum absolute atomic E-state index is 12.9. The molecule has 0 bridgehead atoms. The third-order valence-electron chi connectivity index (χ3n) is 4.67. The molecular formula is C23H23ClN2O3S. The highest BCUT2D eigenvalue weighted by Gasteiger charge is 2.21. The second kappa shape index (κ2) is 9.32. The minimum Gasteiger partial charge on any atom is -0.345 e. The van der Waals surface area contributed by atoms with Gasteiger partial charge >= 0.3 is 0 Å². The molecule has 0 saturated heterocycles. The maximum Gasteiger partial charge on any atom is 0.263 e. The zero-order valence-electron chi connectivity index (χ0n) is 16.7. The summed E-state index contributed by atoms with van der Waals surface area (Å²) < 4.78 is 28.3. The van der Waals surface area contributed by atoms with Gasteiger partial charge in [-0.2, -0.15) is 0 Å². The van der Waals surface area contributed by atoms with E-state index in [1.165, 1.54) is 18.2 Å². The number of aryl methyl sites for hydroxylation is 1. The van der Waals surface area contributed by atoms with Crippen LogP contribution in [0.25, 0.3) is 0 Å². The van der Waals surface area contributed by atoms with E-state index in [4.69, 9.17) is 11.6 Å². The molecule has 30 heavy (non-hydrogen) atoms. The first kappa shape index (κ1) is 21.9. The minimum absolute atomic E-state index is 0.0433. The van der Waals surface area contributed by atoms with Crippen LogP contribution in [0, 0.1) is 6.92 Å². The van der Waals surface area contributed by atoms with Gasteiger partial charge in [-0.25, -0.2) is 8.42 Å². The Hall–Kier alpha value is -2.83. The van der Waals surface area contributed by atoms with E-state index in [1.54, 1.807) is 18.2 Å². The molecule has 7 heteroatoms. The first-order valence-corrected chi connectivity index (χ1v) is 11.4. The third-order valence-corrected chi connectivity index (χ3v) is 6.53. The Morgan fingerprint density at radius 2 is 1.73 bits per heavy atom. The van der Waals surface area contributed by atoms with E-state index >= 15 is 0 Å². The number of carbonyl (C=O) groups is 1. The number of sulfonamides is 1. The molecular weight excluding hydrogens is 420 g/mol. The van der Waals surface area contributed by atoms with Crippen molar-refractivity contribution in [3.05, 3.63) is 94.5 Å². The van der Waals surface area contributed by atoms with E-state index in [0.29, 0.717) is 12.1 Å². The van der Waals surface area contributed by atoms with Crippen LogP contribution in [0.5, 0.6) is 0 Å². The summed E-state index contributed by atoms with van der Waals surface area (Å²) in [6, 6.07) is 20.7. The Kier molecular flexibility index (Phi) is 6.80. The van der Waals surface area contributed by atoms with Crippen molar-refractivity contribution in [1.29, 1.82) is 0 Å². The fourth-order valence-electron chi connectivity index (χ4n) is 3.12. The zero-order valence-corrected chi connectivity index (χ0v) is 18.3. The van der Waals surface area contributed by atoms with Gasteiger partial charge in [-0.05, 0) is 54.8 Å². The van der Waals surface area contributed by atoms with Gasteiger partial charge in [-0.15, -0.1) is 0 Å². The van der Waals surface area contributed by atoms with Crippen molar-refractivity contribution in [1.82, 2.24) is 5.32 Å². The van der Waals surface area contributed by atoms with Crippen molar-refractivity contribution >= 4 is 33.2 Å². The molecule has 0 radical (unpaired) electrons. The monoisotopic (exact) mass is 442 g/mol. The Morgan fingerprint density at radius 1 is 1.00 bits per heavy atom. The lowest BCUT2D eigenvalue weighted by molar-refractivity contribution is 0.0935. The number of hydrogen-bond donors (Lipinski definition) is 2. The van der Waals surface area contributed by atoms with Crippen molar-refractivity contribution in [2.75, 3.05) is 4.72 Å². The molecule has 0 heterocycles. The van der Waals surface area contributed by atoms with Crippen LogP contribution in [0.15, 0.2) is 77.7 Å². The molecule has 0 unspecified atom stereocenters. The van der Waals surface area contributed by atoms with Crippen molar-refractivity contribution in [2.24, 2.45) is 0 Å². The first-order valence-electron chi connectivity index (χ1n) is 9.55. The number of halogens is 1. The molecule has 1 atom stereocenters. The quantitative estimate of drug-likeness (QED) is 0.519. The van der Waals surface area contributed by atoms with Crippen LogP contribution in [-0.2, 0) is 10.0 Å². The van der Waals surface area contributed by atoms with Crippen LogP contribution in [0.1, 0.15) is 40.9 Å². The van der Waals surface area contributed by atoms with Gasteiger partial charge in [0.05, 0.1) is 11.1 Å². The van der Waals surface area contributed by atoms with Gasteiger partial charge in [0, 0.05) is 11.3 Å². The van der Waals surface area contributed by atoms with Crippen LogP contribution in [0.4, 0.5) is 5.69 Å². The fourth-order valence-corrected chi connectivity index (χ4v) is 4.69. The average Bonchev–Trinajstić information content (AvgIpc) is 2.72. The Bertz CT molecular complexity index is 1150. The highest BCUT2D eigenvalue weighted by molar-refractivity contribution is 7.92. The molecule has 0 aliphatic rings. The predicted octanol–water partition coefficient (Wildman–Crippen LogP) is 5.33. The summed E-state index contributed by atoms with van der Waals surface area (Å²) in [5.41, 5.74) is 2.55. The summed E-state index contributed by atoms with van der Waals surface area (Å²) in [5, 5.41) is 3.00. The van der Waals surface area contributed by atoms with Gasteiger partial charge in [-0.3, -0.25) is 9.52 Å². The second-order valence-electron chi connectivity index (χ2n) is 6.97. The molecule has 3 rings (SSSR count). The largest absolute Gasteiger partial charge is 0.345 e. The Morgan fingerprint density at radius 3 is 2.40 bits per heavy atom. The fraction of sp³-hybridized carbons (Fsp3) is 0.174. The molecule has 0 aliphatic carbocycles. The number of amides is 1. The highest BCUT2D eigenvalue weighted by Crippen LogP contribution is 2.26. The summed E-state index contributed by atoms with van der Waals surface area (Å²) in [4.78, 5) is 12.7. The van der Waals surface area contributed by atoms with Crippen LogP contribution >= 0.6 is 11.6 Å². The molecule has 0 aliphatic heterocycles. The van der Waals surface area contributed by atoms with Crippen LogP contribution in [0.3, 0.4) is 0 Å². The van der Waals surface area contributed by atoms with Gasteiger partial charge in [0.15, 0.2) is 0 Å². The smallest absolute Gasteiger partial charge is 0.263 e. The number of rotatable bonds is 7. The molecule has 0 aromatic heterocycles. The summed E-state index contributed by atoms with van der Waals surface area (Å²) in [7, 11) is -3.96. The highest BCUT2D eigenvalue weighted by atomic mass is 35.5. The number of anilines is 1. The van der Waals surface area contributed by atoms with E-state index in [1.807, 2.05) is 50.2 Å². The Labute approximate surface area is 182 Å². The molecule has 2 N–H and O–H groups in total. The van der Waals surface area contributed by atoms with E-state index < -0.39 is 10.0 Å². The van der Waals surface area contributed by atoms with Crippen LogP contribution in [-0.4, -0.2) is 14.3 Å². The minimum atomic E-state index is -3.96. The summed E-state index contributed by atoms with van der Waals surface area (Å²) >= 11 is 6.16. The third kappa shape index (κ3) is 5.20. The van der Waals surface area contributed by atoms with Crippen molar-refractivity contribution < 1.29 is 13.2 Å². The zero-order chi connectivity index (χ0) is 21.7. The van der Waals surface area contributed by atoms with Gasteiger partial charge in [0.25, 0.3) is 15.9 Å². The lowest BCUT2D eigenvalue weighted by Gasteiger charge is -2.18. The topological polar surface area (TPSA) is 75.3 Å². The van der Waals surface area contributed by atoms with Crippen LogP contribution in [0.2, 0.25) is 5.02 Å². The van der Waals surface area contributed by atoms with E-state index in [2.05, 4.69) is 10.0 Å². The SMILES string of the molecule is CC[C@H](NC(=O)c1ccc(Cl)c(S(=O)(=O)Nc2cccc(C)c2)c1)c1ccccc1. The van der Waals surface area contributed by atoms with E-state index in [0.717, 1.165) is 11.1 Å². The van der Waals surface area contributed by atoms with Crippen molar-refractivity contribution in [3.63, 3.8) is 0 Å². The Balaban J connectivity index is 1.86. The van der Waals surface area contributed by atoms with E-state index in [-0.39, 0.29) is 27.4 Å². The van der Waals surface area contributed by atoms with Crippen molar-refractivity contribution in [3.8, 4) is 0 Å². The second-order valence-corrected chi connectivity index (χ2v) is 9.02. The normalized spacial score (nSPS) is 12.2. The van der Waals surface area contributed by atoms with Gasteiger partial charge < -0.3 is 5.32 Å². The summed E-state index contributed by atoms with van der Waals surface area (Å²) in [6.45, 7) is 3.84. The summed E-state index contributed by atoms with van der Waals surface area (Å²) in [6.07, 6.45) is 0.698. The van der Waals surface area contributed by atoms with E-state index in [9.17, 15) is 13.2 Å². The molecule has 5 nitrogen and oxygen atoms in total. The molecule has 1 amide bonds. The van der Waals surface area contributed by atoms with Crippen LogP contribution < -0.4 is 10.0 Å². The average molecular weight is 443 g/mol. The van der Waals surface area contributed by atoms with Crippen molar-refractivity contribution in [2.45, 2.75) is 31.2 Å². The predicted molar refractivity (Wildman–Crippen MR) is 120 cm³/mol. The molecule has 3 aromatic carbocycles. The lowest BCUT2D eigenvalue weighted by Crippen LogP contribution is -2.28. The molecule has 3 aromatic rings. The number of hydrogen-bond acceptors (Lipinski definition) is 3. The first-order chi connectivity index (χ1) is 14.3.